The van der Waals surface area contributed by atoms with E-state index in [2.05, 4.69) is 22.5 Å². The monoisotopic (exact) mass is 688 g/mol. The van der Waals surface area contributed by atoms with Gasteiger partial charge in [-0.05, 0) is 62.1 Å². The molecule has 0 spiro atoms. The Labute approximate surface area is 284 Å². The lowest BCUT2D eigenvalue weighted by molar-refractivity contribution is -0.133. The van der Waals surface area contributed by atoms with Gasteiger partial charge in [0, 0.05) is 64.6 Å². The summed E-state index contributed by atoms with van der Waals surface area (Å²) < 4.78 is 0. The molecule has 248 valence electrons. The van der Waals surface area contributed by atoms with E-state index in [1.807, 2.05) is 10.3 Å². The predicted octanol–water partition coefficient (Wildman–Crippen LogP) is 6.64. The number of thiazole rings is 1. The minimum Gasteiger partial charge on any atom is -0.478 e. The molecule has 2 fully saturated rings. The third-order valence-electron chi connectivity index (χ3n) is 9.97. The van der Waals surface area contributed by atoms with E-state index in [4.69, 9.17) is 23.2 Å². The Balaban J connectivity index is 1.43. The number of dihydropyridines is 1. The standard InChI is InChI=1S/C34H42Cl2N4O5S/c1-2-37-20-34(13-4-3-5-14-34)21-11-16-40(17-12-21)27(41)19-25-30(33(44)45)31(28-22(35)7-6-8-23(28)36)29(32(42)43)24(39-25)9-10-26-38-15-18-46-26/h6-8,15,18,21,31,37,39H,2-5,9-14,16-17,19-20H2,1H3,(H,42,43)(H,44,45). The number of aryl methyl sites for hydroxylation is 1. The van der Waals surface area contributed by atoms with Gasteiger partial charge < -0.3 is 25.7 Å². The van der Waals surface area contributed by atoms with Crippen LogP contribution in [0, 0.1) is 11.3 Å². The molecule has 1 amide bonds. The largest absolute Gasteiger partial charge is 0.478 e. The van der Waals surface area contributed by atoms with E-state index < -0.39 is 17.9 Å². The zero-order valence-corrected chi connectivity index (χ0v) is 28.4. The first-order chi connectivity index (χ1) is 22.1. The molecule has 5 rings (SSSR count). The predicted molar refractivity (Wildman–Crippen MR) is 180 cm³/mol. The van der Waals surface area contributed by atoms with Crippen molar-refractivity contribution in [3.63, 3.8) is 0 Å². The smallest absolute Gasteiger partial charge is 0.334 e. The van der Waals surface area contributed by atoms with Crippen molar-refractivity contribution in [2.75, 3.05) is 26.2 Å². The number of hydrogen-bond acceptors (Lipinski definition) is 7. The van der Waals surface area contributed by atoms with Crippen LogP contribution >= 0.6 is 34.5 Å². The molecule has 1 aromatic carbocycles. The number of aromatic nitrogens is 1. The van der Waals surface area contributed by atoms with Crippen LogP contribution in [0.1, 0.15) is 81.2 Å². The van der Waals surface area contributed by atoms with Crippen molar-refractivity contribution in [1.82, 2.24) is 20.5 Å². The van der Waals surface area contributed by atoms with Gasteiger partial charge in [0.2, 0.25) is 5.91 Å². The maximum Gasteiger partial charge on any atom is 0.334 e. The van der Waals surface area contributed by atoms with E-state index in [-0.39, 0.29) is 56.6 Å². The summed E-state index contributed by atoms with van der Waals surface area (Å²) in [6.07, 6.45) is 10.2. The second-order valence-electron chi connectivity index (χ2n) is 12.5. The molecule has 1 unspecified atom stereocenters. The highest BCUT2D eigenvalue weighted by Crippen LogP contribution is 2.47. The van der Waals surface area contributed by atoms with Crippen molar-refractivity contribution in [2.45, 2.75) is 77.0 Å². The van der Waals surface area contributed by atoms with Crippen molar-refractivity contribution in [3.8, 4) is 0 Å². The molecule has 1 aromatic heterocycles. The molecule has 12 heteroatoms. The molecule has 1 saturated heterocycles. The summed E-state index contributed by atoms with van der Waals surface area (Å²) in [6.45, 7) is 5.31. The lowest BCUT2D eigenvalue weighted by Crippen LogP contribution is -2.48. The van der Waals surface area contributed by atoms with E-state index in [0.29, 0.717) is 31.1 Å². The summed E-state index contributed by atoms with van der Waals surface area (Å²) in [7, 11) is 0. The van der Waals surface area contributed by atoms with Crippen LogP contribution in [0.4, 0.5) is 0 Å². The zero-order chi connectivity index (χ0) is 32.8. The molecule has 1 atom stereocenters. The number of aliphatic carboxylic acids is 2. The molecule has 9 nitrogen and oxygen atoms in total. The zero-order valence-electron chi connectivity index (χ0n) is 26.1. The van der Waals surface area contributed by atoms with Crippen molar-refractivity contribution in [2.24, 2.45) is 11.3 Å². The fraction of sp³-hybridized carbons (Fsp3) is 0.529. The number of benzene rings is 1. The summed E-state index contributed by atoms with van der Waals surface area (Å²) in [5.41, 5.74) is 0.547. The van der Waals surface area contributed by atoms with Crippen LogP contribution in [-0.4, -0.2) is 64.1 Å². The van der Waals surface area contributed by atoms with Gasteiger partial charge in [-0.3, -0.25) is 4.79 Å². The van der Waals surface area contributed by atoms with Crippen molar-refractivity contribution >= 4 is 52.4 Å². The molecular weight excluding hydrogens is 647 g/mol. The Kier molecular flexibility index (Phi) is 11.5. The maximum absolute atomic E-state index is 13.9. The number of allylic oxidation sites excluding steroid dienone is 1. The molecule has 2 aliphatic heterocycles. The average molecular weight is 690 g/mol. The van der Waals surface area contributed by atoms with Gasteiger partial charge in [0.25, 0.3) is 0 Å². The Morgan fingerprint density at radius 1 is 1.02 bits per heavy atom. The van der Waals surface area contributed by atoms with Crippen LogP contribution in [-0.2, 0) is 20.8 Å². The summed E-state index contributed by atoms with van der Waals surface area (Å²) in [4.78, 5) is 45.8. The van der Waals surface area contributed by atoms with Crippen LogP contribution in [0.2, 0.25) is 10.0 Å². The second-order valence-corrected chi connectivity index (χ2v) is 14.3. The molecule has 46 heavy (non-hydrogen) atoms. The van der Waals surface area contributed by atoms with Gasteiger partial charge in [-0.1, -0.05) is 55.5 Å². The number of nitrogens with one attached hydrogen (secondary N) is 2. The second kappa shape index (κ2) is 15.3. The quantitative estimate of drug-likeness (QED) is 0.195. The maximum atomic E-state index is 13.9. The molecule has 0 radical (unpaired) electrons. The number of carbonyl (C=O) groups is 3. The Morgan fingerprint density at radius 3 is 2.26 bits per heavy atom. The van der Waals surface area contributed by atoms with Crippen molar-refractivity contribution < 1.29 is 24.6 Å². The summed E-state index contributed by atoms with van der Waals surface area (Å²) in [5, 5.41) is 30.7. The fourth-order valence-electron chi connectivity index (χ4n) is 7.70. The molecule has 3 heterocycles. The van der Waals surface area contributed by atoms with E-state index in [9.17, 15) is 24.6 Å². The number of hydrogen-bond donors (Lipinski definition) is 4. The molecule has 0 bridgehead atoms. The lowest BCUT2D eigenvalue weighted by Gasteiger charge is -2.47. The van der Waals surface area contributed by atoms with E-state index in [1.54, 1.807) is 24.4 Å². The molecule has 1 saturated carbocycles. The van der Waals surface area contributed by atoms with E-state index >= 15 is 0 Å². The number of amides is 1. The highest BCUT2D eigenvalue weighted by Gasteiger charge is 2.43. The summed E-state index contributed by atoms with van der Waals surface area (Å²) in [5.74, 6) is -3.57. The number of halogens is 2. The highest BCUT2D eigenvalue weighted by atomic mass is 35.5. The van der Waals surface area contributed by atoms with E-state index in [0.717, 1.165) is 30.9 Å². The minimum absolute atomic E-state index is 0.151. The van der Waals surface area contributed by atoms with Gasteiger partial charge in [-0.15, -0.1) is 11.3 Å². The Hall–Kier alpha value is -2.92. The third kappa shape index (κ3) is 7.46. The number of carboxylic acid groups (broad SMARTS) is 2. The Bertz CT molecular complexity index is 1470. The SMILES string of the molecule is CCNCC1(C2CCN(C(=O)CC3=C(C(=O)O)C(c4c(Cl)cccc4Cl)C(C(=O)O)=C(CCc4nccs4)N3)CC2)CCCCC1. The van der Waals surface area contributed by atoms with Crippen LogP contribution < -0.4 is 10.6 Å². The van der Waals surface area contributed by atoms with Gasteiger partial charge in [-0.2, -0.15) is 0 Å². The van der Waals surface area contributed by atoms with Gasteiger partial charge in [0.1, 0.15) is 0 Å². The number of carboxylic acids is 2. The third-order valence-corrected chi connectivity index (χ3v) is 11.5. The molecule has 3 aliphatic rings. The normalized spacial score (nSPS) is 20.5. The minimum atomic E-state index is -1.34. The lowest BCUT2D eigenvalue weighted by atomic mass is 9.63. The molecular formula is C34H42Cl2N4O5S. The van der Waals surface area contributed by atoms with Crippen LogP contribution in [0.3, 0.4) is 0 Å². The van der Waals surface area contributed by atoms with Crippen molar-refractivity contribution in [1.29, 1.82) is 0 Å². The summed E-state index contributed by atoms with van der Waals surface area (Å²) >= 11 is 14.6. The van der Waals surface area contributed by atoms with Crippen molar-refractivity contribution in [3.05, 3.63) is 72.9 Å². The van der Waals surface area contributed by atoms with Gasteiger partial charge >= 0.3 is 11.9 Å². The average Bonchev–Trinajstić information content (AvgIpc) is 3.56. The molecule has 4 N–H and O–H groups in total. The van der Waals surface area contributed by atoms with Gasteiger partial charge in [0.05, 0.1) is 28.5 Å². The number of nitrogens with zero attached hydrogens (tertiary/aromatic N) is 2. The highest BCUT2D eigenvalue weighted by molar-refractivity contribution is 7.09. The first-order valence-electron chi connectivity index (χ1n) is 16.2. The topological polar surface area (TPSA) is 132 Å². The number of rotatable bonds is 12. The first-order valence-corrected chi connectivity index (χ1v) is 17.8. The summed E-state index contributed by atoms with van der Waals surface area (Å²) in [6, 6.07) is 4.74. The van der Waals surface area contributed by atoms with Gasteiger partial charge in [-0.25, -0.2) is 14.6 Å². The van der Waals surface area contributed by atoms with Crippen LogP contribution in [0.25, 0.3) is 0 Å². The Morgan fingerprint density at radius 2 is 1.67 bits per heavy atom. The van der Waals surface area contributed by atoms with Gasteiger partial charge in [0.15, 0.2) is 0 Å². The first kappa shape index (κ1) is 34.4. The van der Waals surface area contributed by atoms with Crippen LogP contribution in [0.5, 0.6) is 0 Å². The number of piperidine rings is 1. The molecule has 1 aliphatic carbocycles. The molecule has 2 aromatic rings. The fourth-order valence-corrected chi connectivity index (χ4v) is 8.93. The van der Waals surface area contributed by atoms with Crippen LogP contribution in [0.15, 0.2) is 52.3 Å². The number of carbonyl (C=O) groups excluding carboxylic acids is 1. The number of likely N-dealkylation sites (tertiary alicyclic amines) is 1. The van der Waals surface area contributed by atoms with E-state index in [1.165, 1.54) is 43.4 Å².